The van der Waals surface area contributed by atoms with Gasteiger partial charge in [-0.25, -0.2) is 12.8 Å². The fourth-order valence-corrected chi connectivity index (χ4v) is 4.50. The van der Waals surface area contributed by atoms with E-state index in [1.807, 2.05) is 25.1 Å². The standard InChI is InChI=1S/C20H23FN2O4S/c1-2-19(27-17-6-4-3-5-7-17)20(24)22-12-14-23(15-13-22)28(25,26)18-10-8-16(21)9-11-18/h3-11,19H,2,12-15H2,1H3/t19-/m0/s1. The fraction of sp³-hybridized carbons (Fsp3) is 0.350. The Hall–Kier alpha value is -2.45. The molecular formula is C20H23FN2O4S. The van der Waals surface area contributed by atoms with Gasteiger partial charge in [-0.05, 0) is 42.8 Å². The number of carbonyl (C=O) groups excluding carboxylic acids is 1. The molecular weight excluding hydrogens is 383 g/mol. The van der Waals surface area contributed by atoms with E-state index in [1.54, 1.807) is 17.0 Å². The Morgan fingerprint density at radius 2 is 1.64 bits per heavy atom. The van der Waals surface area contributed by atoms with Crippen LogP contribution in [0.3, 0.4) is 0 Å². The molecule has 1 fully saturated rings. The van der Waals surface area contributed by atoms with Crippen molar-refractivity contribution in [3.8, 4) is 5.75 Å². The SMILES string of the molecule is CC[C@H](Oc1ccccc1)C(=O)N1CCN(S(=O)(=O)c2ccc(F)cc2)CC1. The van der Waals surface area contributed by atoms with Crippen molar-refractivity contribution in [2.45, 2.75) is 24.3 Å². The topological polar surface area (TPSA) is 66.9 Å². The number of sulfonamides is 1. The molecule has 0 spiro atoms. The van der Waals surface area contributed by atoms with Crippen LogP contribution in [0.1, 0.15) is 13.3 Å². The van der Waals surface area contributed by atoms with Crippen LogP contribution in [0.4, 0.5) is 4.39 Å². The van der Waals surface area contributed by atoms with Crippen LogP contribution in [0.2, 0.25) is 0 Å². The van der Waals surface area contributed by atoms with Gasteiger partial charge >= 0.3 is 0 Å². The highest BCUT2D eigenvalue weighted by Crippen LogP contribution is 2.20. The summed E-state index contributed by atoms with van der Waals surface area (Å²) < 4.78 is 45.5. The van der Waals surface area contributed by atoms with Crippen molar-refractivity contribution in [3.05, 3.63) is 60.4 Å². The van der Waals surface area contributed by atoms with Crippen LogP contribution in [0.15, 0.2) is 59.5 Å². The van der Waals surface area contributed by atoms with Gasteiger partial charge in [-0.1, -0.05) is 25.1 Å². The summed E-state index contributed by atoms with van der Waals surface area (Å²) in [6.45, 7) is 2.82. The number of rotatable bonds is 6. The first-order valence-electron chi connectivity index (χ1n) is 9.18. The summed E-state index contributed by atoms with van der Waals surface area (Å²) in [6, 6.07) is 13.9. The van der Waals surface area contributed by atoms with Crippen molar-refractivity contribution in [1.29, 1.82) is 0 Å². The van der Waals surface area contributed by atoms with Crippen molar-refractivity contribution in [2.24, 2.45) is 0 Å². The van der Waals surface area contributed by atoms with E-state index in [1.165, 1.54) is 16.4 Å². The molecule has 2 aromatic carbocycles. The number of para-hydroxylation sites is 1. The summed E-state index contributed by atoms with van der Waals surface area (Å²) in [5, 5.41) is 0. The van der Waals surface area contributed by atoms with Gasteiger partial charge in [0.2, 0.25) is 10.0 Å². The molecule has 0 aromatic heterocycles. The van der Waals surface area contributed by atoms with Gasteiger partial charge in [0, 0.05) is 26.2 Å². The molecule has 1 atom stereocenters. The molecule has 1 amide bonds. The number of ether oxygens (including phenoxy) is 1. The van der Waals surface area contributed by atoms with E-state index in [2.05, 4.69) is 0 Å². The summed E-state index contributed by atoms with van der Waals surface area (Å²) >= 11 is 0. The number of nitrogens with zero attached hydrogens (tertiary/aromatic N) is 2. The average molecular weight is 406 g/mol. The predicted molar refractivity (Wildman–Crippen MR) is 103 cm³/mol. The number of halogens is 1. The highest BCUT2D eigenvalue weighted by Gasteiger charge is 2.32. The second kappa shape index (κ2) is 8.70. The van der Waals surface area contributed by atoms with E-state index in [4.69, 9.17) is 4.74 Å². The molecule has 0 bridgehead atoms. The molecule has 2 aromatic rings. The Labute approximate surface area is 164 Å². The molecule has 6 nitrogen and oxygen atoms in total. The number of piperazine rings is 1. The summed E-state index contributed by atoms with van der Waals surface area (Å²) in [5.41, 5.74) is 0. The minimum Gasteiger partial charge on any atom is -0.481 e. The van der Waals surface area contributed by atoms with Crippen LogP contribution in [-0.2, 0) is 14.8 Å². The van der Waals surface area contributed by atoms with Crippen LogP contribution in [0.5, 0.6) is 5.75 Å². The first-order valence-corrected chi connectivity index (χ1v) is 10.6. The lowest BCUT2D eigenvalue weighted by molar-refractivity contribution is -0.140. The van der Waals surface area contributed by atoms with Gasteiger partial charge < -0.3 is 9.64 Å². The monoisotopic (exact) mass is 406 g/mol. The molecule has 8 heteroatoms. The quantitative estimate of drug-likeness (QED) is 0.739. The Balaban J connectivity index is 1.62. The Bertz CT molecular complexity index is 896. The first-order chi connectivity index (χ1) is 13.4. The summed E-state index contributed by atoms with van der Waals surface area (Å²) in [4.78, 5) is 14.5. The van der Waals surface area contributed by atoms with E-state index < -0.39 is 21.9 Å². The van der Waals surface area contributed by atoms with Crippen LogP contribution < -0.4 is 4.74 Å². The highest BCUT2D eigenvalue weighted by molar-refractivity contribution is 7.89. The van der Waals surface area contributed by atoms with Crippen molar-refractivity contribution >= 4 is 15.9 Å². The molecule has 0 saturated carbocycles. The second-order valence-electron chi connectivity index (χ2n) is 6.51. The normalized spacial score (nSPS) is 16.6. The predicted octanol–water partition coefficient (Wildman–Crippen LogP) is 2.52. The number of hydrogen-bond acceptors (Lipinski definition) is 4. The molecule has 1 aliphatic rings. The van der Waals surface area contributed by atoms with E-state index in [0.717, 1.165) is 12.1 Å². The number of hydrogen-bond donors (Lipinski definition) is 0. The van der Waals surface area contributed by atoms with Gasteiger partial charge in [0.05, 0.1) is 4.90 Å². The Morgan fingerprint density at radius 1 is 1.04 bits per heavy atom. The Kier molecular flexibility index (Phi) is 6.31. The molecule has 0 unspecified atom stereocenters. The minimum absolute atomic E-state index is 0.0486. The lowest BCUT2D eigenvalue weighted by atomic mass is 10.2. The largest absolute Gasteiger partial charge is 0.481 e. The highest BCUT2D eigenvalue weighted by atomic mass is 32.2. The second-order valence-corrected chi connectivity index (χ2v) is 8.45. The maximum Gasteiger partial charge on any atom is 0.263 e. The van der Waals surface area contributed by atoms with Gasteiger partial charge in [0.15, 0.2) is 6.10 Å². The van der Waals surface area contributed by atoms with Gasteiger partial charge in [-0.15, -0.1) is 0 Å². The van der Waals surface area contributed by atoms with Crippen LogP contribution >= 0.6 is 0 Å². The van der Waals surface area contributed by atoms with Gasteiger partial charge in [-0.3, -0.25) is 4.79 Å². The van der Waals surface area contributed by atoms with Crippen molar-refractivity contribution < 1.29 is 22.3 Å². The van der Waals surface area contributed by atoms with E-state index in [-0.39, 0.29) is 37.0 Å². The van der Waals surface area contributed by atoms with Crippen molar-refractivity contribution in [2.75, 3.05) is 26.2 Å². The third-order valence-electron chi connectivity index (χ3n) is 4.67. The van der Waals surface area contributed by atoms with E-state index in [0.29, 0.717) is 12.2 Å². The molecule has 28 heavy (non-hydrogen) atoms. The molecule has 0 N–H and O–H groups in total. The maximum absolute atomic E-state index is 13.1. The van der Waals surface area contributed by atoms with Crippen molar-refractivity contribution in [3.63, 3.8) is 0 Å². The Morgan fingerprint density at radius 3 is 2.21 bits per heavy atom. The van der Waals surface area contributed by atoms with Crippen LogP contribution in [0, 0.1) is 5.82 Å². The maximum atomic E-state index is 13.1. The summed E-state index contributed by atoms with van der Waals surface area (Å²) in [6.07, 6.45) is -0.0930. The molecule has 1 saturated heterocycles. The van der Waals surface area contributed by atoms with E-state index >= 15 is 0 Å². The van der Waals surface area contributed by atoms with Crippen molar-refractivity contribution in [1.82, 2.24) is 9.21 Å². The zero-order valence-electron chi connectivity index (χ0n) is 15.6. The lowest BCUT2D eigenvalue weighted by Gasteiger charge is -2.35. The smallest absolute Gasteiger partial charge is 0.263 e. The molecule has 150 valence electrons. The number of carbonyl (C=O) groups is 1. The summed E-state index contributed by atoms with van der Waals surface area (Å²) in [7, 11) is -3.70. The average Bonchev–Trinajstić information content (AvgIpc) is 2.72. The zero-order chi connectivity index (χ0) is 20.1. The van der Waals surface area contributed by atoms with Crippen LogP contribution in [-0.4, -0.2) is 55.8 Å². The zero-order valence-corrected chi connectivity index (χ0v) is 16.4. The van der Waals surface area contributed by atoms with Gasteiger partial charge in [0.25, 0.3) is 5.91 Å². The third kappa shape index (κ3) is 4.51. The minimum atomic E-state index is -3.70. The molecule has 3 rings (SSSR count). The first kappa shape index (κ1) is 20.3. The third-order valence-corrected chi connectivity index (χ3v) is 6.58. The molecule has 0 aliphatic carbocycles. The van der Waals surface area contributed by atoms with Crippen LogP contribution in [0.25, 0.3) is 0 Å². The summed E-state index contributed by atoms with van der Waals surface area (Å²) in [5.74, 6) is -0.0104. The molecule has 1 aliphatic heterocycles. The fourth-order valence-electron chi connectivity index (χ4n) is 3.08. The molecule has 0 radical (unpaired) electrons. The number of amides is 1. The lowest BCUT2D eigenvalue weighted by Crippen LogP contribution is -2.53. The molecule has 1 heterocycles. The van der Waals surface area contributed by atoms with E-state index in [9.17, 15) is 17.6 Å². The van der Waals surface area contributed by atoms with Gasteiger partial charge in [0.1, 0.15) is 11.6 Å². The van der Waals surface area contributed by atoms with Gasteiger partial charge in [-0.2, -0.15) is 4.31 Å². The number of benzene rings is 2.